The van der Waals surface area contributed by atoms with Crippen LogP contribution in [0.1, 0.15) is 29.5 Å². The van der Waals surface area contributed by atoms with Gasteiger partial charge in [0.05, 0.1) is 13.2 Å². The average molecular weight is 427 g/mol. The van der Waals surface area contributed by atoms with Crippen LogP contribution in [0.3, 0.4) is 0 Å². The van der Waals surface area contributed by atoms with Crippen molar-refractivity contribution in [2.75, 3.05) is 33.4 Å². The number of nitrogens with zero attached hydrogens (tertiary/aromatic N) is 1. The van der Waals surface area contributed by atoms with Gasteiger partial charge in [0.15, 0.2) is 0 Å². The van der Waals surface area contributed by atoms with E-state index in [4.69, 9.17) is 9.47 Å². The third kappa shape index (κ3) is 5.98. The number of aliphatic hydroxyl groups is 2. The van der Waals surface area contributed by atoms with Crippen LogP contribution in [0.2, 0.25) is 0 Å². The Morgan fingerprint density at radius 2 is 1.81 bits per heavy atom. The number of rotatable bonds is 9. The number of benzene rings is 2. The highest BCUT2D eigenvalue weighted by Crippen LogP contribution is 2.26. The Hall–Kier alpha value is -2.12. The highest BCUT2D eigenvalue weighted by Gasteiger charge is 2.22. The van der Waals surface area contributed by atoms with Crippen LogP contribution in [0.5, 0.6) is 11.5 Å². The number of fused-ring (bicyclic) bond motifs is 1. The molecule has 0 amide bonds. The van der Waals surface area contributed by atoms with Gasteiger partial charge in [-0.1, -0.05) is 24.3 Å². The van der Waals surface area contributed by atoms with Crippen LogP contribution in [-0.2, 0) is 19.4 Å². The Morgan fingerprint density at radius 3 is 2.48 bits per heavy atom. The maximum absolute atomic E-state index is 10.5. The Kier molecular flexibility index (Phi) is 7.45. The first-order chi connectivity index (χ1) is 15.1. The van der Waals surface area contributed by atoms with Gasteiger partial charge in [-0.3, -0.25) is 0 Å². The number of hydrogen-bond donors (Lipinski definition) is 3. The van der Waals surface area contributed by atoms with Crippen molar-refractivity contribution in [3.63, 3.8) is 0 Å². The van der Waals surface area contributed by atoms with E-state index in [2.05, 4.69) is 34.5 Å². The second-order valence-corrected chi connectivity index (χ2v) is 8.73. The predicted octanol–water partition coefficient (Wildman–Crippen LogP) is 2.15. The number of ether oxygens (including phenoxy) is 2. The molecule has 0 aromatic heterocycles. The van der Waals surface area contributed by atoms with Gasteiger partial charge in [-0.25, -0.2) is 0 Å². The normalized spacial score (nSPS) is 18.7. The second-order valence-electron chi connectivity index (χ2n) is 8.73. The lowest BCUT2D eigenvalue weighted by Crippen LogP contribution is -2.41. The summed E-state index contributed by atoms with van der Waals surface area (Å²) in [5, 5.41) is 23.8. The molecule has 0 bridgehead atoms. The third-order valence-corrected chi connectivity index (χ3v) is 6.36. The molecule has 2 aromatic carbocycles. The third-order valence-electron chi connectivity index (χ3n) is 6.36. The molecule has 1 fully saturated rings. The van der Waals surface area contributed by atoms with Crippen molar-refractivity contribution in [2.24, 2.45) is 0 Å². The molecule has 2 aromatic rings. The van der Waals surface area contributed by atoms with Gasteiger partial charge in [0.1, 0.15) is 24.2 Å². The minimum Gasteiger partial charge on any atom is -0.497 e. The first-order valence-electron chi connectivity index (χ1n) is 11.3. The van der Waals surface area contributed by atoms with Gasteiger partial charge >= 0.3 is 0 Å². The molecule has 1 aliphatic heterocycles. The first-order valence-corrected chi connectivity index (χ1v) is 11.3. The molecule has 2 aliphatic rings. The fraction of sp³-hybridized carbons (Fsp3) is 0.520. The average Bonchev–Trinajstić information content (AvgIpc) is 3.21. The summed E-state index contributed by atoms with van der Waals surface area (Å²) in [5.41, 5.74) is 3.88. The summed E-state index contributed by atoms with van der Waals surface area (Å²) in [5.74, 6) is 1.57. The minimum absolute atomic E-state index is 0.202. The summed E-state index contributed by atoms with van der Waals surface area (Å²) in [6, 6.07) is 14.9. The molecule has 4 rings (SSSR count). The number of methoxy groups -OCH3 is 1. The zero-order valence-electron chi connectivity index (χ0n) is 18.3. The largest absolute Gasteiger partial charge is 0.497 e. The van der Waals surface area contributed by atoms with E-state index < -0.39 is 6.10 Å². The Labute approximate surface area is 184 Å². The Bertz CT molecular complexity index is 826. The van der Waals surface area contributed by atoms with Crippen molar-refractivity contribution in [2.45, 2.75) is 50.5 Å². The number of nitrogens with one attached hydrogen (secondary N) is 1. The zero-order valence-corrected chi connectivity index (χ0v) is 18.3. The molecule has 1 atom stereocenters. The van der Waals surface area contributed by atoms with Gasteiger partial charge in [0.25, 0.3) is 0 Å². The van der Waals surface area contributed by atoms with Crippen LogP contribution < -0.4 is 14.8 Å². The van der Waals surface area contributed by atoms with E-state index in [0.717, 1.165) is 55.8 Å². The predicted molar refractivity (Wildman–Crippen MR) is 121 cm³/mol. The van der Waals surface area contributed by atoms with Gasteiger partial charge < -0.3 is 29.9 Å². The van der Waals surface area contributed by atoms with Crippen molar-refractivity contribution >= 4 is 0 Å². The van der Waals surface area contributed by atoms with Crippen molar-refractivity contribution in [1.29, 1.82) is 0 Å². The maximum atomic E-state index is 10.5. The minimum atomic E-state index is -0.567. The van der Waals surface area contributed by atoms with Gasteiger partial charge in [0.2, 0.25) is 0 Å². The molecule has 0 radical (unpaired) electrons. The van der Waals surface area contributed by atoms with E-state index in [9.17, 15) is 10.2 Å². The molecule has 1 heterocycles. The summed E-state index contributed by atoms with van der Waals surface area (Å²) >= 11 is 0. The number of piperidine rings is 1. The topological polar surface area (TPSA) is 74.2 Å². The van der Waals surface area contributed by atoms with E-state index in [1.54, 1.807) is 7.11 Å². The van der Waals surface area contributed by atoms with Crippen LogP contribution in [0.15, 0.2) is 42.5 Å². The van der Waals surface area contributed by atoms with Crippen molar-refractivity contribution in [3.05, 3.63) is 59.2 Å². The number of hydrogen-bond acceptors (Lipinski definition) is 6. The maximum Gasteiger partial charge on any atom is 0.124 e. The van der Waals surface area contributed by atoms with Crippen molar-refractivity contribution < 1.29 is 19.7 Å². The van der Waals surface area contributed by atoms with E-state index >= 15 is 0 Å². The standard InChI is InChI=1S/C25H34N2O4/c1-30-24-6-7-25(31-17-23(29)16-27-10-8-22(28)9-11-27)20(14-24)15-26-21-12-18-4-2-3-5-19(18)13-21/h2-7,14,21-23,26,28-29H,8-13,15-17H2,1H3. The molecule has 0 spiro atoms. The van der Waals surface area contributed by atoms with Gasteiger partial charge in [-0.15, -0.1) is 0 Å². The smallest absolute Gasteiger partial charge is 0.124 e. The molecule has 1 aliphatic carbocycles. The summed E-state index contributed by atoms with van der Waals surface area (Å²) < 4.78 is 11.4. The Balaban J connectivity index is 1.31. The summed E-state index contributed by atoms with van der Waals surface area (Å²) in [4.78, 5) is 2.19. The highest BCUT2D eigenvalue weighted by atomic mass is 16.5. The molecule has 6 nitrogen and oxygen atoms in total. The fourth-order valence-electron chi connectivity index (χ4n) is 4.56. The van der Waals surface area contributed by atoms with E-state index in [1.807, 2.05) is 18.2 Å². The first kappa shape index (κ1) is 22.1. The summed E-state index contributed by atoms with van der Waals surface area (Å²) in [6.07, 6.45) is 2.85. The fourth-order valence-corrected chi connectivity index (χ4v) is 4.56. The van der Waals surface area contributed by atoms with Crippen LogP contribution in [0.25, 0.3) is 0 Å². The lowest BCUT2D eigenvalue weighted by molar-refractivity contribution is 0.0336. The second kappa shape index (κ2) is 10.5. The summed E-state index contributed by atoms with van der Waals surface area (Å²) in [7, 11) is 1.67. The van der Waals surface area contributed by atoms with Crippen LogP contribution in [0.4, 0.5) is 0 Å². The number of likely N-dealkylation sites (tertiary alicyclic amines) is 1. The van der Waals surface area contributed by atoms with Gasteiger partial charge in [-0.05, 0) is 55.0 Å². The van der Waals surface area contributed by atoms with E-state index in [0.29, 0.717) is 19.1 Å². The Morgan fingerprint density at radius 1 is 1.10 bits per heavy atom. The number of aliphatic hydroxyl groups excluding tert-OH is 2. The molecule has 168 valence electrons. The van der Waals surface area contributed by atoms with Crippen LogP contribution >= 0.6 is 0 Å². The molecule has 1 saturated heterocycles. The molecular formula is C25H34N2O4. The molecule has 6 heteroatoms. The monoisotopic (exact) mass is 426 g/mol. The quantitative estimate of drug-likeness (QED) is 0.571. The lowest BCUT2D eigenvalue weighted by atomic mass is 10.1. The van der Waals surface area contributed by atoms with Gasteiger partial charge in [0, 0.05) is 37.8 Å². The molecular weight excluding hydrogens is 392 g/mol. The molecule has 0 saturated carbocycles. The summed E-state index contributed by atoms with van der Waals surface area (Å²) in [6.45, 7) is 3.13. The van der Waals surface area contributed by atoms with E-state index in [-0.39, 0.29) is 12.7 Å². The van der Waals surface area contributed by atoms with E-state index in [1.165, 1.54) is 11.1 Å². The lowest BCUT2D eigenvalue weighted by Gasteiger charge is -2.31. The zero-order chi connectivity index (χ0) is 21.6. The van der Waals surface area contributed by atoms with Crippen molar-refractivity contribution in [1.82, 2.24) is 10.2 Å². The number of β-amino-alcohol motifs (C(OH)–C–C–N with tert-alkyl or cyclic N) is 1. The highest BCUT2D eigenvalue weighted by molar-refractivity contribution is 5.40. The van der Waals surface area contributed by atoms with Crippen molar-refractivity contribution in [3.8, 4) is 11.5 Å². The molecule has 31 heavy (non-hydrogen) atoms. The molecule has 1 unspecified atom stereocenters. The molecule has 3 N–H and O–H groups in total. The van der Waals surface area contributed by atoms with Crippen LogP contribution in [-0.4, -0.2) is 66.7 Å². The van der Waals surface area contributed by atoms with Crippen LogP contribution in [0, 0.1) is 0 Å². The van der Waals surface area contributed by atoms with Gasteiger partial charge in [-0.2, -0.15) is 0 Å². The SMILES string of the molecule is COc1ccc(OCC(O)CN2CCC(O)CC2)c(CNC2Cc3ccccc3C2)c1.